The zero-order valence-electron chi connectivity index (χ0n) is 15.0. The fraction of sp³-hybridized carbons (Fsp3) is 1.00. The predicted molar refractivity (Wildman–Crippen MR) is 94.9 cm³/mol. The van der Waals surface area contributed by atoms with Gasteiger partial charge in [-0.3, -0.25) is 0 Å². The third-order valence-corrected chi connectivity index (χ3v) is 5.19. The topological polar surface area (TPSA) is 15.3 Å². The van der Waals surface area contributed by atoms with E-state index in [-0.39, 0.29) is 0 Å². The van der Waals surface area contributed by atoms with Crippen molar-refractivity contribution in [2.24, 2.45) is 5.92 Å². The van der Waals surface area contributed by atoms with Crippen molar-refractivity contribution < 1.29 is 0 Å². The second-order valence-corrected chi connectivity index (χ2v) is 7.01. The Bertz CT molecular complexity index is 230. The van der Waals surface area contributed by atoms with E-state index in [1.165, 1.54) is 90.4 Å². The van der Waals surface area contributed by atoms with Gasteiger partial charge in [0.05, 0.1) is 0 Å². The lowest BCUT2D eigenvalue weighted by Gasteiger charge is -2.35. The molecule has 0 radical (unpaired) electrons. The lowest BCUT2D eigenvalue weighted by Crippen LogP contribution is -2.44. The van der Waals surface area contributed by atoms with Crippen LogP contribution in [0.2, 0.25) is 0 Å². The van der Waals surface area contributed by atoms with Crippen molar-refractivity contribution in [3.05, 3.63) is 0 Å². The summed E-state index contributed by atoms with van der Waals surface area (Å²) in [5.74, 6) is 0.868. The maximum Gasteiger partial charge on any atom is 0.00792 e. The highest BCUT2D eigenvalue weighted by atomic mass is 15.1. The van der Waals surface area contributed by atoms with Crippen LogP contribution in [0, 0.1) is 5.92 Å². The molecule has 0 spiro atoms. The highest BCUT2D eigenvalue weighted by Gasteiger charge is 2.23. The van der Waals surface area contributed by atoms with Crippen molar-refractivity contribution in [3.8, 4) is 0 Å². The Labute approximate surface area is 134 Å². The molecule has 2 heteroatoms. The highest BCUT2D eigenvalue weighted by Crippen LogP contribution is 2.19. The molecular formula is C19H40N2. The SMILES string of the molecule is CCCCCCCCCCNC(C)C1CCCN(CC)C1. The van der Waals surface area contributed by atoms with E-state index in [0.29, 0.717) is 6.04 Å². The third-order valence-electron chi connectivity index (χ3n) is 5.19. The lowest BCUT2D eigenvalue weighted by molar-refractivity contribution is 0.157. The van der Waals surface area contributed by atoms with Gasteiger partial charge in [0.2, 0.25) is 0 Å². The molecule has 1 aliphatic heterocycles. The molecule has 0 aromatic heterocycles. The van der Waals surface area contributed by atoms with Crippen molar-refractivity contribution in [1.82, 2.24) is 10.2 Å². The van der Waals surface area contributed by atoms with Gasteiger partial charge in [0.15, 0.2) is 0 Å². The fourth-order valence-corrected chi connectivity index (χ4v) is 3.54. The van der Waals surface area contributed by atoms with Crippen molar-refractivity contribution >= 4 is 0 Å². The normalized spacial score (nSPS) is 21.6. The maximum absolute atomic E-state index is 3.78. The van der Waals surface area contributed by atoms with Crippen LogP contribution in [0.15, 0.2) is 0 Å². The molecule has 126 valence electrons. The Morgan fingerprint density at radius 2 is 1.67 bits per heavy atom. The van der Waals surface area contributed by atoms with E-state index < -0.39 is 0 Å². The van der Waals surface area contributed by atoms with E-state index in [9.17, 15) is 0 Å². The minimum atomic E-state index is 0.698. The Kier molecular flexibility index (Phi) is 11.3. The maximum atomic E-state index is 3.78. The molecule has 1 N–H and O–H groups in total. The number of nitrogens with zero attached hydrogens (tertiary/aromatic N) is 1. The van der Waals surface area contributed by atoms with Gasteiger partial charge < -0.3 is 10.2 Å². The quantitative estimate of drug-likeness (QED) is 0.519. The van der Waals surface area contributed by atoms with Crippen molar-refractivity contribution in [2.75, 3.05) is 26.2 Å². The first-order valence-corrected chi connectivity index (χ1v) is 9.73. The summed E-state index contributed by atoms with van der Waals surface area (Å²) in [5, 5.41) is 3.78. The zero-order chi connectivity index (χ0) is 15.3. The number of hydrogen-bond donors (Lipinski definition) is 1. The van der Waals surface area contributed by atoms with Gasteiger partial charge in [0.1, 0.15) is 0 Å². The minimum Gasteiger partial charge on any atom is -0.314 e. The van der Waals surface area contributed by atoms with Gasteiger partial charge >= 0.3 is 0 Å². The van der Waals surface area contributed by atoms with Gasteiger partial charge in [-0.1, -0.05) is 58.8 Å². The molecular weight excluding hydrogens is 256 g/mol. The molecule has 1 fully saturated rings. The summed E-state index contributed by atoms with van der Waals surface area (Å²) >= 11 is 0. The van der Waals surface area contributed by atoms with Crippen LogP contribution in [-0.4, -0.2) is 37.1 Å². The first-order chi connectivity index (χ1) is 10.3. The third kappa shape index (κ3) is 8.83. The Balaban J connectivity index is 1.94. The van der Waals surface area contributed by atoms with E-state index in [4.69, 9.17) is 0 Å². The van der Waals surface area contributed by atoms with Crippen molar-refractivity contribution in [2.45, 2.75) is 91.0 Å². The average molecular weight is 297 g/mol. The van der Waals surface area contributed by atoms with Crippen LogP contribution in [0.3, 0.4) is 0 Å². The first-order valence-electron chi connectivity index (χ1n) is 9.73. The molecule has 1 heterocycles. The van der Waals surface area contributed by atoms with Crippen LogP contribution in [-0.2, 0) is 0 Å². The predicted octanol–water partition coefficient (Wildman–Crippen LogP) is 4.84. The second kappa shape index (κ2) is 12.5. The molecule has 0 bridgehead atoms. The van der Waals surface area contributed by atoms with Gasteiger partial charge in [-0.25, -0.2) is 0 Å². The number of unbranched alkanes of at least 4 members (excludes halogenated alkanes) is 7. The summed E-state index contributed by atoms with van der Waals surface area (Å²) in [5.41, 5.74) is 0. The minimum absolute atomic E-state index is 0.698. The summed E-state index contributed by atoms with van der Waals surface area (Å²) < 4.78 is 0. The molecule has 2 atom stereocenters. The van der Waals surface area contributed by atoms with Crippen LogP contribution in [0.5, 0.6) is 0 Å². The van der Waals surface area contributed by atoms with Crippen molar-refractivity contribution in [3.63, 3.8) is 0 Å². The molecule has 1 saturated heterocycles. The standard InChI is InChI=1S/C19H40N2/c1-4-6-7-8-9-10-11-12-15-20-18(3)19-14-13-16-21(5-2)17-19/h18-20H,4-17H2,1-3H3. The second-order valence-electron chi connectivity index (χ2n) is 7.01. The summed E-state index contributed by atoms with van der Waals surface area (Å²) in [6.07, 6.45) is 14.2. The van der Waals surface area contributed by atoms with Gasteiger partial charge in [0, 0.05) is 12.6 Å². The molecule has 1 rings (SSSR count). The number of likely N-dealkylation sites (tertiary alicyclic amines) is 1. The van der Waals surface area contributed by atoms with Gasteiger partial charge in [0.25, 0.3) is 0 Å². The van der Waals surface area contributed by atoms with Crippen LogP contribution >= 0.6 is 0 Å². The fourth-order valence-electron chi connectivity index (χ4n) is 3.54. The van der Waals surface area contributed by atoms with E-state index in [2.05, 4.69) is 31.0 Å². The zero-order valence-corrected chi connectivity index (χ0v) is 15.0. The molecule has 0 aromatic rings. The van der Waals surface area contributed by atoms with Crippen LogP contribution in [0.4, 0.5) is 0 Å². The molecule has 21 heavy (non-hydrogen) atoms. The average Bonchev–Trinajstić information content (AvgIpc) is 2.53. The molecule has 0 aromatic carbocycles. The Hall–Kier alpha value is -0.0800. The monoisotopic (exact) mass is 296 g/mol. The molecule has 0 saturated carbocycles. The number of hydrogen-bond acceptors (Lipinski definition) is 2. The largest absolute Gasteiger partial charge is 0.314 e. The molecule has 2 nitrogen and oxygen atoms in total. The summed E-state index contributed by atoms with van der Waals surface area (Å²) in [7, 11) is 0. The first kappa shape index (κ1) is 19.0. The van der Waals surface area contributed by atoms with Gasteiger partial charge in [-0.05, 0) is 51.7 Å². The van der Waals surface area contributed by atoms with E-state index in [1.54, 1.807) is 0 Å². The van der Waals surface area contributed by atoms with Gasteiger partial charge in [-0.15, -0.1) is 0 Å². The van der Waals surface area contributed by atoms with Crippen LogP contribution < -0.4 is 5.32 Å². The number of nitrogens with one attached hydrogen (secondary N) is 1. The Morgan fingerprint density at radius 1 is 1.00 bits per heavy atom. The lowest BCUT2D eigenvalue weighted by atomic mass is 9.91. The van der Waals surface area contributed by atoms with Crippen molar-refractivity contribution in [1.29, 1.82) is 0 Å². The summed E-state index contributed by atoms with van der Waals surface area (Å²) in [4.78, 5) is 2.61. The Morgan fingerprint density at radius 3 is 2.33 bits per heavy atom. The summed E-state index contributed by atoms with van der Waals surface area (Å²) in [6.45, 7) is 12.0. The van der Waals surface area contributed by atoms with E-state index in [0.717, 1.165) is 5.92 Å². The van der Waals surface area contributed by atoms with Crippen LogP contribution in [0.1, 0.15) is 85.0 Å². The molecule has 1 aliphatic rings. The molecule has 0 amide bonds. The van der Waals surface area contributed by atoms with Crippen LogP contribution in [0.25, 0.3) is 0 Å². The highest BCUT2D eigenvalue weighted by molar-refractivity contribution is 4.79. The smallest absolute Gasteiger partial charge is 0.00792 e. The molecule has 0 aliphatic carbocycles. The number of rotatable bonds is 12. The number of piperidine rings is 1. The van der Waals surface area contributed by atoms with Gasteiger partial charge in [-0.2, -0.15) is 0 Å². The van der Waals surface area contributed by atoms with E-state index >= 15 is 0 Å². The summed E-state index contributed by atoms with van der Waals surface area (Å²) in [6, 6.07) is 0.698. The van der Waals surface area contributed by atoms with E-state index in [1.807, 2.05) is 0 Å². The molecule has 2 unspecified atom stereocenters.